The fourth-order valence-electron chi connectivity index (χ4n) is 1.88. The van der Waals surface area contributed by atoms with E-state index in [1.54, 1.807) is 18.2 Å². The van der Waals surface area contributed by atoms with Gasteiger partial charge in [0.1, 0.15) is 12.4 Å². The summed E-state index contributed by atoms with van der Waals surface area (Å²) in [5, 5.41) is 10.1. The molecule has 2 aromatic carbocycles. The van der Waals surface area contributed by atoms with Crippen molar-refractivity contribution in [3.05, 3.63) is 62.6 Å². The lowest BCUT2D eigenvalue weighted by atomic mass is 10.1. The Morgan fingerprint density at radius 1 is 1.10 bits per heavy atom. The molecule has 0 aromatic heterocycles. The van der Waals surface area contributed by atoms with Gasteiger partial charge in [0, 0.05) is 15.6 Å². The fraction of sp³-hybridized carbons (Fsp3) is 0.188. The standard InChI is InChI=1S/C16H13Cl2NO/c1-10-5-14(6-11(2)16(10)18)20-9-13-4-3-12(8-19)7-15(13)17/h3-7H,9H2,1-2H3. The van der Waals surface area contributed by atoms with Crippen molar-refractivity contribution in [2.24, 2.45) is 0 Å². The van der Waals surface area contributed by atoms with Gasteiger partial charge in [-0.2, -0.15) is 5.26 Å². The van der Waals surface area contributed by atoms with E-state index in [1.807, 2.05) is 26.0 Å². The quantitative estimate of drug-likeness (QED) is 0.794. The number of ether oxygens (including phenoxy) is 1. The lowest BCUT2D eigenvalue weighted by Gasteiger charge is -2.11. The molecule has 0 aliphatic heterocycles. The van der Waals surface area contributed by atoms with Crippen LogP contribution in [-0.2, 0) is 6.61 Å². The summed E-state index contributed by atoms with van der Waals surface area (Å²) in [5.74, 6) is 0.754. The molecule has 0 heterocycles. The highest BCUT2D eigenvalue weighted by atomic mass is 35.5. The van der Waals surface area contributed by atoms with E-state index in [2.05, 4.69) is 6.07 Å². The summed E-state index contributed by atoms with van der Waals surface area (Å²) in [6.45, 7) is 4.23. The highest BCUT2D eigenvalue weighted by Gasteiger charge is 2.06. The van der Waals surface area contributed by atoms with E-state index in [0.717, 1.165) is 27.5 Å². The van der Waals surface area contributed by atoms with Crippen molar-refractivity contribution in [3.8, 4) is 11.8 Å². The van der Waals surface area contributed by atoms with Crippen LogP contribution in [0.4, 0.5) is 0 Å². The maximum atomic E-state index is 8.80. The summed E-state index contributed by atoms with van der Waals surface area (Å²) in [7, 11) is 0. The molecule has 2 rings (SSSR count). The van der Waals surface area contributed by atoms with Crippen LogP contribution in [0, 0.1) is 25.2 Å². The number of hydrogen-bond donors (Lipinski definition) is 0. The van der Waals surface area contributed by atoms with Crippen molar-refractivity contribution < 1.29 is 4.74 Å². The minimum Gasteiger partial charge on any atom is -0.489 e. The van der Waals surface area contributed by atoms with Crippen molar-refractivity contribution in [1.29, 1.82) is 5.26 Å². The Labute approximate surface area is 128 Å². The van der Waals surface area contributed by atoms with Gasteiger partial charge in [0.15, 0.2) is 0 Å². The van der Waals surface area contributed by atoms with Gasteiger partial charge < -0.3 is 4.74 Å². The number of nitrogens with zero attached hydrogens (tertiary/aromatic N) is 1. The molecule has 0 radical (unpaired) electrons. The molecule has 102 valence electrons. The third-order valence-corrected chi connectivity index (χ3v) is 3.93. The van der Waals surface area contributed by atoms with Crippen LogP contribution in [0.2, 0.25) is 10.0 Å². The average Bonchev–Trinajstić information content (AvgIpc) is 2.43. The molecule has 4 heteroatoms. The molecular weight excluding hydrogens is 293 g/mol. The zero-order valence-electron chi connectivity index (χ0n) is 11.2. The molecule has 0 unspecified atom stereocenters. The predicted molar refractivity (Wildman–Crippen MR) is 81.4 cm³/mol. The molecule has 20 heavy (non-hydrogen) atoms. The molecule has 0 fully saturated rings. The van der Waals surface area contributed by atoms with Crippen LogP contribution >= 0.6 is 23.2 Å². The number of benzene rings is 2. The molecule has 2 nitrogen and oxygen atoms in total. The lowest BCUT2D eigenvalue weighted by Crippen LogP contribution is -1.98. The molecular formula is C16H13Cl2NO. The fourth-order valence-corrected chi connectivity index (χ4v) is 2.23. The zero-order chi connectivity index (χ0) is 14.7. The monoisotopic (exact) mass is 305 g/mol. The second-order valence-electron chi connectivity index (χ2n) is 4.58. The molecule has 0 atom stereocenters. The number of rotatable bonds is 3. The van der Waals surface area contributed by atoms with E-state index in [-0.39, 0.29) is 0 Å². The van der Waals surface area contributed by atoms with Crippen LogP contribution in [0.15, 0.2) is 30.3 Å². The third-order valence-electron chi connectivity index (χ3n) is 2.99. The molecule has 0 saturated carbocycles. The number of nitriles is 1. The van der Waals surface area contributed by atoms with Crippen molar-refractivity contribution in [3.63, 3.8) is 0 Å². The number of aryl methyl sites for hydroxylation is 2. The van der Waals surface area contributed by atoms with E-state index < -0.39 is 0 Å². The van der Waals surface area contributed by atoms with E-state index >= 15 is 0 Å². The van der Waals surface area contributed by atoms with Crippen molar-refractivity contribution >= 4 is 23.2 Å². The van der Waals surface area contributed by atoms with Crippen molar-refractivity contribution in [1.82, 2.24) is 0 Å². The van der Waals surface area contributed by atoms with E-state index in [0.29, 0.717) is 17.2 Å². The summed E-state index contributed by atoms with van der Waals surface area (Å²) in [5.41, 5.74) is 3.34. The highest BCUT2D eigenvalue weighted by Crippen LogP contribution is 2.27. The van der Waals surface area contributed by atoms with E-state index in [1.165, 1.54) is 0 Å². The van der Waals surface area contributed by atoms with E-state index in [4.69, 9.17) is 33.2 Å². The lowest BCUT2D eigenvalue weighted by molar-refractivity contribution is 0.306. The van der Waals surface area contributed by atoms with Gasteiger partial charge in [-0.25, -0.2) is 0 Å². The van der Waals surface area contributed by atoms with Crippen LogP contribution in [0.25, 0.3) is 0 Å². The summed E-state index contributed by atoms with van der Waals surface area (Å²) in [6, 6.07) is 11.0. The maximum Gasteiger partial charge on any atom is 0.120 e. The highest BCUT2D eigenvalue weighted by molar-refractivity contribution is 6.32. The van der Waals surface area contributed by atoms with Crippen LogP contribution in [0.1, 0.15) is 22.3 Å². The SMILES string of the molecule is Cc1cc(OCc2ccc(C#N)cc2Cl)cc(C)c1Cl. The first-order valence-corrected chi connectivity index (χ1v) is 6.85. The van der Waals surface area contributed by atoms with Crippen molar-refractivity contribution in [2.75, 3.05) is 0 Å². The average molecular weight is 306 g/mol. The maximum absolute atomic E-state index is 8.80. The Morgan fingerprint density at radius 3 is 2.30 bits per heavy atom. The second kappa shape index (κ2) is 6.17. The molecule has 2 aromatic rings. The Morgan fingerprint density at radius 2 is 1.75 bits per heavy atom. The smallest absolute Gasteiger partial charge is 0.120 e. The Hall–Kier alpha value is -1.69. The van der Waals surface area contributed by atoms with Gasteiger partial charge >= 0.3 is 0 Å². The first-order chi connectivity index (χ1) is 9.51. The Balaban J connectivity index is 2.15. The van der Waals surface area contributed by atoms with Gasteiger partial charge in [-0.15, -0.1) is 0 Å². The largest absolute Gasteiger partial charge is 0.489 e. The first kappa shape index (κ1) is 14.7. The number of halogens is 2. The Kier molecular flexibility index (Phi) is 4.54. The summed E-state index contributed by atoms with van der Waals surface area (Å²) >= 11 is 12.2. The van der Waals surface area contributed by atoms with Crippen molar-refractivity contribution in [2.45, 2.75) is 20.5 Å². The third kappa shape index (κ3) is 3.25. The molecule has 0 aliphatic carbocycles. The molecule has 0 amide bonds. The minimum atomic E-state index is 0.352. The molecule has 0 spiro atoms. The zero-order valence-corrected chi connectivity index (χ0v) is 12.7. The molecule has 0 saturated heterocycles. The van der Waals surface area contributed by atoms with Crippen LogP contribution in [0.3, 0.4) is 0 Å². The molecule has 0 aliphatic rings. The molecule has 0 N–H and O–H groups in total. The van der Waals surface area contributed by atoms with Gasteiger partial charge in [0.25, 0.3) is 0 Å². The van der Waals surface area contributed by atoms with Crippen LogP contribution < -0.4 is 4.74 Å². The summed E-state index contributed by atoms with van der Waals surface area (Å²) in [4.78, 5) is 0. The predicted octanol–water partition coefficient (Wildman–Crippen LogP) is 5.06. The van der Waals surface area contributed by atoms with Crippen LogP contribution in [-0.4, -0.2) is 0 Å². The van der Waals surface area contributed by atoms with Gasteiger partial charge in [0.05, 0.1) is 11.6 Å². The van der Waals surface area contributed by atoms with Gasteiger partial charge in [-0.1, -0.05) is 29.3 Å². The minimum absolute atomic E-state index is 0.352. The van der Waals surface area contributed by atoms with Gasteiger partial charge in [-0.05, 0) is 49.2 Å². The number of hydrogen-bond acceptors (Lipinski definition) is 2. The summed E-state index contributed by atoms with van der Waals surface area (Å²) in [6.07, 6.45) is 0. The van der Waals surface area contributed by atoms with Gasteiger partial charge in [-0.3, -0.25) is 0 Å². The molecule has 0 bridgehead atoms. The second-order valence-corrected chi connectivity index (χ2v) is 5.36. The first-order valence-electron chi connectivity index (χ1n) is 6.09. The Bertz CT molecular complexity index is 666. The van der Waals surface area contributed by atoms with E-state index in [9.17, 15) is 0 Å². The normalized spacial score (nSPS) is 10.2. The topological polar surface area (TPSA) is 33.0 Å². The van der Waals surface area contributed by atoms with Gasteiger partial charge in [0.2, 0.25) is 0 Å². The van der Waals surface area contributed by atoms with Crippen LogP contribution in [0.5, 0.6) is 5.75 Å². The summed E-state index contributed by atoms with van der Waals surface area (Å²) < 4.78 is 5.74.